The van der Waals surface area contributed by atoms with E-state index < -0.39 is 0 Å². The molecule has 1 atom stereocenters. The van der Waals surface area contributed by atoms with E-state index in [4.69, 9.17) is 0 Å². The number of nitrogens with zero attached hydrogens (tertiary/aromatic N) is 2. The number of carbonyl (C=O) groups excluding carboxylic acids is 1. The van der Waals surface area contributed by atoms with Crippen molar-refractivity contribution in [1.82, 2.24) is 14.9 Å². The molecule has 0 saturated carbocycles. The minimum Gasteiger partial charge on any atom is -0.348 e. The Balaban J connectivity index is 2.00. The molecule has 27 heavy (non-hydrogen) atoms. The third-order valence-electron chi connectivity index (χ3n) is 4.75. The van der Waals surface area contributed by atoms with Crippen LogP contribution in [0.1, 0.15) is 33.9 Å². The molecule has 0 fully saturated rings. The lowest BCUT2D eigenvalue weighted by Crippen LogP contribution is -2.27. The van der Waals surface area contributed by atoms with Crippen LogP contribution in [0.25, 0.3) is 0 Å². The summed E-state index contributed by atoms with van der Waals surface area (Å²) in [5, 5.41) is 2.98. The van der Waals surface area contributed by atoms with Crippen molar-refractivity contribution in [3.63, 3.8) is 0 Å². The summed E-state index contributed by atoms with van der Waals surface area (Å²) in [6, 6.07) is 14.4. The second-order valence-corrected chi connectivity index (χ2v) is 7.14. The molecule has 0 saturated heterocycles. The smallest absolute Gasteiger partial charge is 0.238 e. The van der Waals surface area contributed by atoms with Crippen LogP contribution in [0.4, 0.5) is 5.69 Å². The Morgan fingerprint density at radius 3 is 2.67 bits per heavy atom. The third kappa shape index (κ3) is 4.44. The Kier molecular flexibility index (Phi) is 5.72. The number of imidazole rings is 1. The van der Waals surface area contributed by atoms with Gasteiger partial charge in [0.15, 0.2) is 0 Å². The number of aryl methyl sites for hydroxylation is 1. The Hall–Kier alpha value is -2.92. The van der Waals surface area contributed by atoms with Gasteiger partial charge in [-0.1, -0.05) is 30.3 Å². The Labute approximate surface area is 160 Å². The van der Waals surface area contributed by atoms with Gasteiger partial charge in [0.2, 0.25) is 5.91 Å². The monoisotopic (exact) mass is 362 g/mol. The molecule has 5 nitrogen and oxygen atoms in total. The van der Waals surface area contributed by atoms with Gasteiger partial charge in [0.05, 0.1) is 18.8 Å². The lowest BCUT2D eigenvalue weighted by Gasteiger charge is -2.21. The largest absolute Gasteiger partial charge is 0.348 e. The molecule has 0 aliphatic carbocycles. The number of H-pyrrole nitrogens is 1. The number of hydrogen-bond donors (Lipinski definition) is 2. The van der Waals surface area contributed by atoms with Crippen molar-refractivity contribution in [2.45, 2.75) is 19.8 Å². The minimum absolute atomic E-state index is 0.0259. The molecular weight excluding hydrogens is 336 g/mol. The van der Waals surface area contributed by atoms with Crippen LogP contribution in [0, 0.1) is 13.8 Å². The number of hydrogen-bond acceptors (Lipinski definition) is 3. The number of amides is 1. The zero-order chi connectivity index (χ0) is 19.4. The zero-order valence-corrected chi connectivity index (χ0v) is 16.3. The molecule has 2 aromatic carbocycles. The summed E-state index contributed by atoms with van der Waals surface area (Å²) in [6.07, 6.45) is 3.57. The first-order valence-electron chi connectivity index (χ1n) is 9.04. The molecule has 3 rings (SSSR count). The third-order valence-corrected chi connectivity index (χ3v) is 4.75. The fraction of sp³-hybridized carbons (Fsp3) is 0.273. The highest BCUT2D eigenvalue weighted by molar-refractivity contribution is 5.92. The van der Waals surface area contributed by atoms with E-state index in [1.807, 2.05) is 43.4 Å². The molecule has 3 aromatic rings. The second kappa shape index (κ2) is 8.18. The van der Waals surface area contributed by atoms with E-state index in [2.05, 4.69) is 53.4 Å². The molecule has 1 amide bonds. The first-order chi connectivity index (χ1) is 13.0. The van der Waals surface area contributed by atoms with Gasteiger partial charge < -0.3 is 15.2 Å². The van der Waals surface area contributed by atoms with Crippen molar-refractivity contribution in [3.8, 4) is 0 Å². The summed E-state index contributed by atoms with van der Waals surface area (Å²) >= 11 is 0. The van der Waals surface area contributed by atoms with Crippen LogP contribution >= 0.6 is 0 Å². The summed E-state index contributed by atoms with van der Waals surface area (Å²) in [6.45, 7) is 4.63. The molecule has 0 spiro atoms. The van der Waals surface area contributed by atoms with Crippen LogP contribution in [-0.4, -0.2) is 41.4 Å². The van der Waals surface area contributed by atoms with Gasteiger partial charge in [-0.25, -0.2) is 4.98 Å². The van der Waals surface area contributed by atoms with E-state index in [0.717, 1.165) is 16.9 Å². The minimum atomic E-state index is -0.0259. The number of likely N-dealkylation sites (N-methyl/N-ethyl adjacent to an activating group) is 1. The molecular formula is C22H26N4O. The molecule has 1 aromatic heterocycles. The summed E-state index contributed by atoms with van der Waals surface area (Å²) in [5.41, 5.74) is 6.69. The van der Waals surface area contributed by atoms with E-state index in [1.54, 1.807) is 6.33 Å². The van der Waals surface area contributed by atoms with E-state index in [-0.39, 0.29) is 11.8 Å². The SMILES string of the molecule is Cc1cccc(C(c2cccc(NC(=O)CN(C)C)c2)c2cnc[nH]2)c1C. The summed E-state index contributed by atoms with van der Waals surface area (Å²) in [4.78, 5) is 21.5. The van der Waals surface area contributed by atoms with E-state index in [0.29, 0.717) is 6.54 Å². The molecule has 5 heteroatoms. The first kappa shape index (κ1) is 18.9. The van der Waals surface area contributed by atoms with Crippen molar-refractivity contribution in [2.24, 2.45) is 0 Å². The number of rotatable bonds is 6. The van der Waals surface area contributed by atoms with Crippen LogP contribution in [0.15, 0.2) is 55.0 Å². The van der Waals surface area contributed by atoms with Crippen molar-refractivity contribution in [1.29, 1.82) is 0 Å². The van der Waals surface area contributed by atoms with Crippen LogP contribution in [0.5, 0.6) is 0 Å². The van der Waals surface area contributed by atoms with Gasteiger partial charge in [0.1, 0.15) is 0 Å². The summed E-state index contributed by atoms with van der Waals surface area (Å²) in [7, 11) is 3.76. The number of aromatic nitrogens is 2. The highest BCUT2D eigenvalue weighted by atomic mass is 16.2. The average molecular weight is 362 g/mol. The lowest BCUT2D eigenvalue weighted by molar-refractivity contribution is -0.116. The van der Waals surface area contributed by atoms with Crippen LogP contribution < -0.4 is 5.32 Å². The van der Waals surface area contributed by atoms with Crippen molar-refractivity contribution in [3.05, 3.63) is 82.9 Å². The molecule has 140 valence electrons. The average Bonchev–Trinajstić information content (AvgIpc) is 3.12. The number of carbonyl (C=O) groups is 1. The number of nitrogens with one attached hydrogen (secondary N) is 2. The topological polar surface area (TPSA) is 61.0 Å². The van der Waals surface area contributed by atoms with Crippen LogP contribution in [0.2, 0.25) is 0 Å². The summed E-state index contributed by atoms with van der Waals surface area (Å²) in [5.74, 6) is 0.0000715. The second-order valence-electron chi connectivity index (χ2n) is 7.14. The van der Waals surface area contributed by atoms with Gasteiger partial charge in [-0.2, -0.15) is 0 Å². The van der Waals surface area contributed by atoms with Crippen molar-refractivity contribution in [2.75, 3.05) is 26.0 Å². The number of benzene rings is 2. The van der Waals surface area contributed by atoms with Crippen molar-refractivity contribution < 1.29 is 4.79 Å². The van der Waals surface area contributed by atoms with Gasteiger partial charge in [0.25, 0.3) is 0 Å². The highest BCUT2D eigenvalue weighted by Gasteiger charge is 2.21. The highest BCUT2D eigenvalue weighted by Crippen LogP contribution is 2.34. The van der Waals surface area contributed by atoms with E-state index >= 15 is 0 Å². The number of aromatic amines is 1. The van der Waals surface area contributed by atoms with Crippen molar-refractivity contribution >= 4 is 11.6 Å². The maximum atomic E-state index is 12.1. The van der Waals surface area contributed by atoms with Crippen LogP contribution in [0.3, 0.4) is 0 Å². The molecule has 0 aliphatic rings. The molecule has 1 heterocycles. The Morgan fingerprint density at radius 1 is 1.19 bits per heavy atom. The fourth-order valence-corrected chi connectivity index (χ4v) is 3.32. The first-order valence-corrected chi connectivity index (χ1v) is 9.04. The van der Waals surface area contributed by atoms with Gasteiger partial charge in [-0.3, -0.25) is 4.79 Å². The quantitative estimate of drug-likeness (QED) is 0.703. The van der Waals surface area contributed by atoms with Gasteiger partial charge in [-0.05, 0) is 62.3 Å². The fourth-order valence-electron chi connectivity index (χ4n) is 3.32. The predicted octanol–water partition coefficient (Wildman–Crippen LogP) is 3.71. The molecule has 1 unspecified atom stereocenters. The summed E-state index contributed by atoms with van der Waals surface area (Å²) < 4.78 is 0. The standard InChI is InChI=1S/C22H26N4O/c1-15-7-5-10-19(16(15)2)22(20-12-23-14-24-20)17-8-6-9-18(11-17)25-21(27)13-26(3)4/h5-12,14,22H,13H2,1-4H3,(H,23,24)(H,25,27). The number of anilines is 1. The van der Waals surface area contributed by atoms with Crippen LogP contribution in [-0.2, 0) is 4.79 Å². The van der Waals surface area contributed by atoms with Gasteiger partial charge in [0, 0.05) is 17.6 Å². The predicted molar refractivity (Wildman–Crippen MR) is 109 cm³/mol. The molecule has 0 aliphatic heterocycles. The zero-order valence-electron chi connectivity index (χ0n) is 16.3. The maximum absolute atomic E-state index is 12.1. The van der Waals surface area contributed by atoms with E-state index in [9.17, 15) is 4.79 Å². The molecule has 0 bridgehead atoms. The molecule has 2 N–H and O–H groups in total. The maximum Gasteiger partial charge on any atom is 0.238 e. The van der Waals surface area contributed by atoms with Gasteiger partial charge in [-0.15, -0.1) is 0 Å². The molecule has 0 radical (unpaired) electrons. The Bertz CT molecular complexity index is 916. The van der Waals surface area contributed by atoms with E-state index in [1.165, 1.54) is 16.7 Å². The lowest BCUT2D eigenvalue weighted by atomic mass is 9.85. The normalized spacial score (nSPS) is 12.2. The van der Waals surface area contributed by atoms with Gasteiger partial charge >= 0.3 is 0 Å². The Morgan fingerprint density at radius 2 is 1.96 bits per heavy atom.